The van der Waals surface area contributed by atoms with Gasteiger partial charge in [0.2, 0.25) is 0 Å². The fraction of sp³-hybridized carbons (Fsp3) is 0.316. The largest absolute Gasteiger partial charge is 0.490 e. The second-order valence-corrected chi connectivity index (χ2v) is 5.81. The molecule has 27 heavy (non-hydrogen) atoms. The molecule has 0 aliphatic carbocycles. The van der Waals surface area contributed by atoms with E-state index in [2.05, 4.69) is 15.4 Å². The molecule has 0 heterocycles. The Morgan fingerprint density at radius 2 is 1.85 bits per heavy atom. The Balaban J connectivity index is 2.00. The van der Waals surface area contributed by atoms with Crippen LogP contribution < -0.4 is 25.8 Å². The molecule has 2 aromatic rings. The number of halogens is 2. The summed E-state index contributed by atoms with van der Waals surface area (Å²) in [5.41, 5.74) is 7.60. The van der Waals surface area contributed by atoms with E-state index in [-0.39, 0.29) is 17.5 Å². The number of anilines is 1. The van der Waals surface area contributed by atoms with Crippen LogP contribution in [0.4, 0.5) is 19.3 Å². The zero-order chi connectivity index (χ0) is 19.8. The number of nitrogens with one attached hydrogen (secondary N) is 2. The molecule has 1 unspecified atom stereocenters. The van der Waals surface area contributed by atoms with Crippen molar-refractivity contribution in [1.29, 1.82) is 0 Å². The van der Waals surface area contributed by atoms with Crippen molar-refractivity contribution >= 4 is 11.7 Å². The predicted molar refractivity (Wildman–Crippen MR) is 99.1 cm³/mol. The third-order valence-corrected chi connectivity index (χ3v) is 3.81. The highest BCUT2D eigenvalue weighted by atomic mass is 19.3. The summed E-state index contributed by atoms with van der Waals surface area (Å²) < 4.78 is 34.8. The third-order valence-electron chi connectivity index (χ3n) is 3.81. The molecule has 0 radical (unpaired) electrons. The molecule has 0 aromatic heterocycles. The van der Waals surface area contributed by atoms with Gasteiger partial charge in [-0.1, -0.05) is 18.2 Å². The van der Waals surface area contributed by atoms with Gasteiger partial charge in [-0.3, -0.25) is 0 Å². The van der Waals surface area contributed by atoms with Crippen molar-refractivity contribution in [3.05, 3.63) is 53.6 Å². The Morgan fingerprint density at radius 1 is 1.15 bits per heavy atom. The van der Waals surface area contributed by atoms with Crippen molar-refractivity contribution in [2.75, 3.05) is 11.9 Å². The molecule has 0 saturated carbocycles. The van der Waals surface area contributed by atoms with Gasteiger partial charge in [0.15, 0.2) is 11.5 Å². The predicted octanol–water partition coefficient (Wildman–Crippen LogP) is 4.03. The molecule has 4 N–H and O–H groups in total. The van der Waals surface area contributed by atoms with Gasteiger partial charge < -0.3 is 25.8 Å². The van der Waals surface area contributed by atoms with E-state index < -0.39 is 12.6 Å². The van der Waals surface area contributed by atoms with Crippen LogP contribution in [0.3, 0.4) is 0 Å². The molecule has 0 fully saturated rings. The summed E-state index contributed by atoms with van der Waals surface area (Å²) in [6.45, 7) is 1.72. The van der Waals surface area contributed by atoms with E-state index >= 15 is 0 Å². The van der Waals surface area contributed by atoms with E-state index in [4.69, 9.17) is 10.5 Å². The number of benzene rings is 2. The van der Waals surface area contributed by atoms with Gasteiger partial charge in [-0.05, 0) is 49.2 Å². The SMILES string of the molecule is CCOc1cc(CNC(C)c2ccc(NC(N)=O)cc2)ccc1OC(F)F. The Bertz CT molecular complexity index is 754. The van der Waals surface area contributed by atoms with E-state index in [1.165, 1.54) is 6.07 Å². The first-order valence-corrected chi connectivity index (χ1v) is 8.49. The summed E-state index contributed by atoms with van der Waals surface area (Å²) in [7, 11) is 0. The number of hydrogen-bond donors (Lipinski definition) is 3. The van der Waals surface area contributed by atoms with Crippen molar-refractivity contribution in [3.63, 3.8) is 0 Å². The van der Waals surface area contributed by atoms with Crippen LogP contribution in [-0.2, 0) is 6.54 Å². The maximum Gasteiger partial charge on any atom is 0.387 e. The van der Waals surface area contributed by atoms with E-state index in [0.29, 0.717) is 18.8 Å². The van der Waals surface area contributed by atoms with Crippen LogP contribution in [-0.4, -0.2) is 19.2 Å². The molecular weight excluding hydrogens is 356 g/mol. The van der Waals surface area contributed by atoms with Gasteiger partial charge in [0, 0.05) is 18.3 Å². The van der Waals surface area contributed by atoms with E-state index in [1.54, 1.807) is 31.2 Å². The van der Waals surface area contributed by atoms with Crippen molar-refractivity contribution in [2.45, 2.75) is 33.0 Å². The zero-order valence-corrected chi connectivity index (χ0v) is 15.2. The number of carbonyl (C=O) groups excluding carboxylic acids is 1. The molecule has 2 aromatic carbocycles. The Hall–Kier alpha value is -2.87. The standard InChI is InChI=1S/C19H23F2N3O3/c1-3-26-17-10-13(4-9-16(17)27-18(20)21)11-23-12(2)14-5-7-15(8-6-14)24-19(22)25/h4-10,12,18,23H,3,11H2,1-2H3,(H3,22,24,25). The third kappa shape index (κ3) is 6.41. The van der Waals surface area contributed by atoms with Gasteiger partial charge in [0.1, 0.15) is 0 Å². The molecule has 6 nitrogen and oxygen atoms in total. The van der Waals surface area contributed by atoms with Crippen molar-refractivity contribution in [2.24, 2.45) is 5.73 Å². The highest BCUT2D eigenvalue weighted by Crippen LogP contribution is 2.30. The summed E-state index contributed by atoms with van der Waals surface area (Å²) in [6.07, 6.45) is 0. The molecule has 0 aliphatic heterocycles. The molecule has 1 atom stereocenters. The zero-order valence-electron chi connectivity index (χ0n) is 15.2. The summed E-state index contributed by atoms with van der Waals surface area (Å²) in [5.74, 6) is 0.299. The first-order valence-electron chi connectivity index (χ1n) is 8.49. The lowest BCUT2D eigenvalue weighted by atomic mass is 10.1. The van der Waals surface area contributed by atoms with Gasteiger partial charge in [-0.15, -0.1) is 0 Å². The molecule has 146 valence electrons. The number of ether oxygens (including phenoxy) is 2. The maximum absolute atomic E-state index is 12.5. The van der Waals surface area contributed by atoms with E-state index in [9.17, 15) is 13.6 Å². The lowest BCUT2D eigenvalue weighted by Crippen LogP contribution is -2.20. The van der Waals surface area contributed by atoms with Gasteiger partial charge in [0.05, 0.1) is 6.61 Å². The van der Waals surface area contributed by atoms with Crippen LogP contribution in [0.1, 0.15) is 31.0 Å². The number of hydrogen-bond acceptors (Lipinski definition) is 4. The second kappa shape index (κ2) is 9.72. The molecule has 2 rings (SSSR count). The van der Waals surface area contributed by atoms with Gasteiger partial charge in [-0.2, -0.15) is 8.78 Å². The highest BCUT2D eigenvalue weighted by molar-refractivity contribution is 5.87. The minimum Gasteiger partial charge on any atom is -0.490 e. The second-order valence-electron chi connectivity index (χ2n) is 5.81. The van der Waals surface area contributed by atoms with Crippen LogP contribution >= 0.6 is 0 Å². The van der Waals surface area contributed by atoms with Crippen LogP contribution in [0.15, 0.2) is 42.5 Å². The van der Waals surface area contributed by atoms with Crippen LogP contribution in [0.2, 0.25) is 0 Å². The molecule has 0 spiro atoms. The Labute approximate surface area is 156 Å². The molecule has 0 saturated heterocycles. The van der Waals surface area contributed by atoms with Crippen molar-refractivity contribution < 1.29 is 23.0 Å². The van der Waals surface area contributed by atoms with Crippen LogP contribution in [0.5, 0.6) is 11.5 Å². The first kappa shape index (κ1) is 20.4. The molecule has 2 amide bonds. The summed E-state index contributed by atoms with van der Waals surface area (Å²) in [6, 6.07) is 11.6. The molecule has 0 aliphatic rings. The van der Waals surface area contributed by atoms with Crippen LogP contribution in [0, 0.1) is 0 Å². The molecular formula is C19H23F2N3O3. The number of amides is 2. The van der Waals surface area contributed by atoms with Crippen LogP contribution in [0.25, 0.3) is 0 Å². The van der Waals surface area contributed by atoms with E-state index in [1.807, 2.05) is 19.1 Å². The van der Waals surface area contributed by atoms with Crippen molar-refractivity contribution in [1.82, 2.24) is 5.32 Å². The summed E-state index contributed by atoms with van der Waals surface area (Å²) >= 11 is 0. The lowest BCUT2D eigenvalue weighted by molar-refractivity contribution is -0.0514. The average molecular weight is 379 g/mol. The fourth-order valence-electron chi connectivity index (χ4n) is 2.51. The molecule has 0 bridgehead atoms. The van der Waals surface area contributed by atoms with Gasteiger partial charge in [-0.25, -0.2) is 4.79 Å². The Kier molecular flexibility index (Phi) is 7.36. The number of alkyl halides is 2. The van der Waals surface area contributed by atoms with Gasteiger partial charge in [0.25, 0.3) is 0 Å². The first-order chi connectivity index (χ1) is 12.9. The fourth-order valence-corrected chi connectivity index (χ4v) is 2.51. The summed E-state index contributed by atoms with van der Waals surface area (Å²) in [4.78, 5) is 10.8. The van der Waals surface area contributed by atoms with Crippen molar-refractivity contribution in [3.8, 4) is 11.5 Å². The number of urea groups is 1. The van der Waals surface area contributed by atoms with Gasteiger partial charge >= 0.3 is 12.6 Å². The highest BCUT2D eigenvalue weighted by Gasteiger charge is 2.12. The normalized spacial score (nSPS) is 11.9. The number of rotatable bonds is 9. The quantitative estimate of drug-likeness (QED) is 0.614. The lowest BCUT2D eigenvalue weighted by Gasteiger charge is -2.16. The minimum absolute atomic E-state index is 0.0150. The smallest absolute Gasteiger partial charge is 0.387 e. The number of carbonyl (C=O) groups is 1. The average Bonchev–Trinajstić information content (AvgIpc) is 2.61. The topological polar surface area (TPSA) is 85.6 Å². The number of primary amides is 1. The molecule has 8 heteroatoms. The number of nitrogens with two attached hydrogens (primary N) is 1. The van der Waals surface area contributed by atoms with E-state index in [0.717, 1.165) is 11.1 Å². The maximum atomic E-state index is 12.5. The Morgan fingerprint density at radius 3 is 2.44 bits per heavy atom. The monoisotopic (exact) mass is 379 g/mol. The minimum atomic E-state index is -2.90. The summed E-state index contributed by atoms with van der Waals surface area (Å²) in [5, 5.41) is 5.85.